The molecule has 12 heavy (non-hydrogen) atoms. The molecule has 0 amide bonds. The summed E-state index contributed by atoms with van der Waals surface area (Å²) >= 11 is 0. The van der Waals surface area contributed by atoms with Gasteiger partial charge in [-0.2, -0.15) is 5.26 Å². The zero-order valence-corrected chi connectivity index (χ0v) is 7.84. The lowest BCUT2D eigenvalue weighted by molar-refractivity contribution is 0.292. The van der Waals surface area contributed by atoms with Crippen LogP contribution in [0.25, 0.3) is 0 Å². The lowest BCUT2D eigenvalue weighted by atomic mass is 10.2. The van der Waals surface area contributed by atoms with Crippen LogP contribution < -0.4 is 0 Å². The minimum atomic E-state index is -2.81. The minimum Gasteiger partial charge on any atom is -0.290 e. The molecule has 1 rings (SSSR count). The summed E-state index contributed by atoms with van der Waals surface area (Å²) in [6.07, 6.45) is 0.667. The first kappa shape index (κ1) is 9.49. The fourth-order valence-corrected chi connectivity index (χ4v) is 3.17. The maximum absolute atomic E-state index is 11.0. The lowest BCUT2D eigenvalue weighted by Gasteiger charge is -2.18. The molecule has 4 nitrogen and oxygen atoms in total. The van der Waals surface area contributed by atoms with Crippen molar-refractivity contribution in [2.45, 2.75) is 12.5 Å². The Balaban J connectivity index is 2.53. The molecule has 0 N–H and O–H groups in total. The Bertz CT molecular complexity index is 291. The zero-order chi connectivity index (χ0) is 9.19. The van der Waals surface area contributed by atoms with E-state index in [9.17, 15) is 8.42 Å². The molecule has 68 valence electrons. The number of nitriles is 1. The minimum absolute atomic E-state index is 0.0506. The van der Waals surface area contributed by atoms with Crippen molar-refractivity contribution in [3.05, 3.63) is 0 Å². The normalized spacial score (nSPS) is 27.2. The van der Waals surface area contributed by atoms with Gasteiger partial charge >= 0.3 is 0 Å². The second-order valence-corrected chi connectivity index (χ2v) is 5.36. The van der Waals surface area contributed by atoms with Crippen molar-refractivity contribution in [2.75, 3.05) is 25.1 Å². The molecular weight excluding hydrogens is 176 g/mol. The standard InChI is InChI=1S/C7H12N2O2S/c1-9(4-3-8)7-2-5-12(10,11)6-7/h7H,2,4-6H2,1H3. The SMILES string of the molecule is CN(CC#N)C1CCS(=O)(=O)C1. The molecule has 0 saturated carbocycles. The molecule has 0 bridgehead atoms. The van der Waals surface area contributed by atoms with E-state index < -0.39 is 9.84 Å². The predicted octanol–water partition coefficient (Wildman–Crippen LogP) is -0.371. The smallest absolute Gasteiger partial charge is 0.151 e. The van der Waals surface area contributed by atoms with E-state index in [0.29, 0.717) is 13.0 Å². The van der Waals surface area contributed by atoms with Crippen LogP contribution in [-0.2, 0) is 9.84 Å². The summed E-state index contributed by atoms with van der Waals surface area (Å²) in [7, 11) is -1.02. The summed E-state index contributed by atoms with van der Waals surface area (Å²) in [6.45, 7) is 0.306. The Morgan fingerprint density at radius 2 is 2.33 bits per heavy atom. The van der Waals surface area contributed by atoms with E-state index in [2.05, 4.69) is 0 Å². The van der Waals surface area contributed by atoms with Gasteiger partial charge in [0, 0.05) is 6.04 Å². The largest absolute Gasteiger partial charge is 0.290 e. The van der Waals surface area contributed by atoms with Gasteiger partial charge in [-0.05, 0) is 13.5 Å². The monoisotopic (exact) mass is 188 g/mol. The van der Waals surface area contributed by atoms with Gasteiger partial charge < -0.3 is 0 Å². The van der Waals surface area contributed by atoms with Crippen molar-refractivity contribution in [1.82, 2.24) is 4.90 Å². The van der Waals surface area contributed by atoms with Gasteiger partial charge in [0.15, 0.2) is 9.84 Å². The average Bonchev–Trinajstić information content (AvgIpc) is 2.31. The molecule has 1 heterocycles. The maximum Gasteiger partial charge on any atom is 0.151 e. The van der Waals surface area contributed by atoms with Crippen LogP contribution in [0.1, 0.15) is 6.42 Å². The van der Waals surface area contributed by atoms with Crippen LogP contribution in [0.5, 0.6) is 0 Å². The van der Waals surface area contributed by atoms with Gasteiger partial charge in [0.2, 0.25) is 0 Å². The highest BCUT2D eigenvalue weighted by molar-refractivity contribution is 7.91. The Labute approximate surface area is 72.7 Å². The molecule has 5 heteroatoms. The van der Waals surface area contributed by atoms with Crippen LogP contribution in [-0.4, -0.2) is 44.5 Å². The highest BCUT2D eigenvalue weighted by atomic mass is 32.2. The van der Waals surface area contributed by atoms with Gasteiger partial charge in [-0.1, -0.05) is 0 Å². The topological polar surface area (TPSA) is 61.2 Å². The first-order chi connectivity index (χ1) is 5.55. The van der Waals surface area contributed by atoms with E-state index in [4.69, 9.17) is 5.26 Å². The van der Waals surface area contributed by atoms with Gasteiger partial charge in [-0.15, -0.1) is 0 Å². The molecule has 0 spiro atoms. The first-order valence-corrected chi connectivity index (χ1v) is 5.65. The third-order valence-electron chi connectivity index (χ3n) is 2.15. The highest BCUT2D eigenvalue weighted by Crippen LogP contribution is 2.15. The van der Waals surface area contributed by atoms with Crippen LogP contribution in [0.2, 0.25) is 0 Å². The summed E-state index contributed by atoms with van der Waals surface area (Å²) in [5.41, 5.74) is 0. The van der Waals surface area contributed by atoms with Crippen LogP contribution in [0.15, 0.2) is 0 Å². The molecule has 1 atom stereocenters. The third kappa shape index (κ3) is 2.19. The number of nitrogens with zero attached hydrogens (tertiary/aromatic N) is 2. The average molecular weight is 188 g/mol. The molecule has 1 unspecified atom stereocenters. The van der Waals surface area contributed by atoms with E-state index in [-0.39, 0.29) is 17.5 Å². The predicted molar refractivity (Wildman–Crippen MR) is 45.3 cm³/mol. The van der Waals surface area contributed by atoms with Crippen molar-refractivity contribution in [1.29, 1.82) is 5.26 Å². The lowest BCUT2D eigenvalue weighted by Crippen LogP contribution is -2.32. The fourth-order valence-electron chi connectivity index (χ4n) is 1.36. The van der Waals surface area contributed by atoms with Crippen molar-refractivity contribution in [3.63, 3.8) is 0 Å². The van der Waals surface area contributed by atoms with E-state index in [0.717, 1.165) is 0 Å². The number of rotatable bonds is 2. The summed E-state index contributed by atoms with van der Waals surface area (Å²) < 4.78 is 22.1. The quantitative estimate of drug-likeness (QED) is 0.555. The molecule has 1 fully saturated rings. The van der Waals surface area contributed by atoms with Crippen molar-refractivity contribution in [3.8, 4) is 6.07 Å². The Morgan fingerprint density at radius 1 is 1.67 bits per heavy atom. The van der Waals surface area contributed by atoms with Crippen LogP contribution in [0.3, 0.4) is 0 Å². The molecule has 1 aliphatic heterocycles. The second kappa shape index (κ2) is 3.42. The molecule has 0 aromatic carbocycles. The van der Waals surface area contributed by atoms with E-state index in [1.54, 1.807) is 11.9 Å². The van der Waals surface area contributed by atoms with Crippen LogP contribution >= 0.6 is 0 Å². The molecule has 0 aliphatic carbocycles. The number of hydrogen-bond donors (Lipinski definition) is 0. The van der Waals surface area contributed by atoms with E-state index in [1.165, 1.54) is 0 Å². The molecule has 0 aromatic heterocycles. The summed E-state index contributed by atoms with van der Waals surface area (Å²) in [4.78, 5) is 1.80. The van der Waals surface area contributed by atoms with Crippen LogP contribution in [0.4, 0.5) is 0 Å². The maximum atomic E-state index is 11.0. The molecule has 0 aromatic rings. The van der Waals surface area contributed by atoms with Gasteiger partial charge in [0.05, 0.1) is 24.1 Å². The molecule has 0 radical (unpaired) electrons. The van der Waals surface area contributed by atoms with Crippen LogP contribution in [0, 0.1) is 11.3 Å². The zero-order valence-electron chi connectivity index (χ0n) is 7.02. The number of sulfone groups is 1. The van der Waals surface area contributed by atoms with E-state index in [1.807, 2.05) is 6.07 Å². The molecule has 1 aliphatic rings. The van der Waals surface area contributed by atoms with Gasteiger partial charge in [0.1, 0.15) is 0 Å². The van der Waals surface area contributed by atoms with Gasteiger partial charge in [0.25, 0.3) is 0 Å². The fraction of sp³-hybridized carbons (Fsp3) is 0.857. The number of hydrogen-bond acceptors (Lipinski definition) is 4. The summed E-state index contributed by atoms with van der Waals surface area (Å²) in [5, 5.41) is 8.39. The molecular formula is C7H12N2O2S. The Kier molecular flexibility index (Phi) is 2.70. The molecule has 1 saturated heterocycles. The van der Waals surface area contributed by atoms with Crippen molar-refractivity contribution in [2.24, 2.45) is 0 Å². The Morgan fingerprint density at radius 3 is 2.75 bits per heavy atom. The second-order valence-electron chi connectivity index (χ2n) is 3.13. The van der Waals surface area contributed by atoms with E-state index >= 15 is 0 Å². The summed E-state index contributed by atoms with van der Waals surface area (Å²) in [5.74, 6) is 0.485. The Hall–Kier alpha value is -0.600. The van der Waals surface area contributed by atoms with Crippen molar-refractivity contribution < 1.29 is 8.42 Å². The third-order valence-corrected chi connectivity index (χ3v) is 3.90. The highest BCUT2D eigenvalue weighted by Gasteiger charge is 2.30. The van der Waals surface area contributed by atoms with Gasteiger partial charge in [-0.25, -0.2) is 8.42 Å². The van der Waals surface area contributed by atoms with Gasteiger partial charge in [-0.3, -0.25) is 4.90 Å². The first-order valence-electron chi connectivity index (χ1n) is 3.83. The summed E-state index contributed by atoms with van der Waals surface area (Å²) in [6, 6.07) is 2.05. The van der Waals surface area contributed by atoms with Crippen molar-refractivity contribution >= 4 is 9.84 Å².